The van der Waals surface area contributed by atoms with Gasteiger partial charge in [-0.2, -0.15) is 0 Å². The van der Waals surface area contributed by atoms with E-state index in [0.717, 1.165) is 18.4 Å². The second-order valence-electron chi connectivity index (χ2n) is 6.82. The van der Waals surface area contributed by atoms with Gasteiger partial charge in [-0.05, 0) is 43.7 Å². The summed E-state index contributed by atoms with van der Waals surface area (Å²) in [4.78, 5) is 24.9. The van der Waals surface area contributed by atoms with Gasteiger partial charge in [0, 0.05) is 25.2 Å². The van der Waals surface area contributed by atoms with Gasteiger partial charge < -0.3 is 15.3 Å². The van der Waals surface area contributed by atoms with Crippen molar-refractivity contribution in [3.05, 3.63) is 35.1 Å². The van der Waals surface area contributed by atoms with Crippen molar-refractivity contribution < 1.29 is 19.1 Å². The summed E-state index contributed by atoms with van der Waals surface area (Å²) in [6, 6.07) is 4.73. The molecule has 6 heteroatoms. The van der Waals surface area contributed by atoms with Crippen LogP contribution in [0.5, 0.6) is 0 Å². The zero-order valence-corrected chi connectivity index (χ0v) is 13.1. The van der Waals surface area contributed by atoms with E-state index >= 15 is 0 Å². The number of likely N-dealkylation sites (tertiary alicyclic amines) is 1. The monoisotopic (exact) mass is 320 g/mol. The van der Waals surface area contributed by atoms with Gasteiger partial charge in [0.2, 0.25) is 0 Å². The molecule has 1 aliphatic heterocycles. The Morgan fingerprint density at radius 1 is 1.43 bits per heavy atom. The molecule has 0 aromatic heterocycles. The van der Waals surface area contributed by atoms with E-state index in [4.69, 9.17) is 0 Å². The average molecular weight is 320 g/mol. The maximum absolute atomic E-state index is 13.9. The van der Waals surface area contributed by atoms with Crippen LogP contribution < -0.4 is 5.32 Å². The maximum atomic E-state index is 13.9. The molecule has 1 aliphatic carbocycles. The van der Waals surface area contributed by atoms with Gasteiger partial charge in [-0.25, -0.2) is 9.18 Å². The maximum Gasteiger partial charge on any atom is 0.317 e. The molecule has 1 saturated carbocycles. The van der Waals surface area contributed by atoms with E-state index in [1.165, 1.54) is 11.0 Å². The van der Waals surface area contributed by atoms with E-state index in [2.05, 4.69) is 5.32 Å². The number of nitrogens with one attached hydrogen (secondary N) is 1. The summed E-state index contributed by atoms with van der Waals surface area (Å²) in [6.07, 6.45) is 2.71. The molecule has 1 atom stereocenters. The number of halogens is 1. The third-order valence-electron chi connectivity index (χ3n) is 4.83. The number of amides is 2. The number of hydrogen-bond acceptors (Lipinski definition) is 2. The summed E-state index contributed by atoms with van der Waals surface area (Å²) >= 11 is 0. The molecule has 1 heterocycles. The van der Waals surface area contributed by atoms with Crippen LogP contribution in [0, 0.1) is 11.2 Å². The van der Waals surface area contributed by atoms with Crippen molar-refractivity contribution in [2.45, 2.75) is 38.6 Å². The predicted molar refractivity (Wildman–Crippen MR) is 82.5 cm³/mol. The number of benzene rings is 1. The molecule has 2 amide bonds. The molecule has 2 fully saturated rings. The number of carbonyl (C=O) groups is 2. The minimum absolute atomic E-state index is 0.117. The van der Waals surface area contributed by atoms with Crippen molar-refractivity contribution in [3.8, 4) is 0 Å². The Bertz CT molecular complexity index is 645. The average Bonchev–Trinajstić information content (AvgIpc) is 3.28. The van der Waals surface area contributed by atoms with Crippen LogP contribution in [0.2, 0.25) is 0 Å². The molecule has 0 radical (unpaired) electrons. The molecule has 3 rings (SSSR count). The number of carboxylic acids is 1. The van der Waals surface area contributed by atoms with Crippen LogP contribution in [0.1, 0.15) is 43.2 Å². The molecule has 124 valence electrons. The molecule has 5 nitrogen and oxygen atoms in total. The molecule has 1 aromatic carbocycles. The van der Waals surface area contributed by atoms with Gasteiger partial charge >= 0.3 is 12.0 Å². The highest BCUT2D eigenvalue weighted by Gasteiger charge is 2.42. The van der Waals surface area contributed by atoms with Gasteiger partial charge in [-0.1, -0.05) is 12.1 Å². The second-order valence-corrected chi connectivity index (χ2v) is 6.82. The standard InChI is InChI=1S/C17H21FN2O3/c1-17(15(21)22)6-7-20(10-17)16(23)19-9-13-8-12(11-2-3-11)4-5-14(13)18/h4-5,8,11H,2-3,6-7,9-10H2,1H3,(H,19,23)(H,21,22). The van der Waals surface area contributed by atoms with Gasteiger partial charge in [0.05, 0.1) is 5.41 Å². The number of carboxylic acid groups (broad SMARTS) is 1. The molecule has 0 spiro atoms. The Morgan fingerprint density at radius 3 is 2.78 bits per heavy atom. The minimum atomic E-state index is -0.894. The Morgan fingerprint density at radius 2 is 2.17 bits per heavy atom. The summed E-state index contributed by atoms with van der Waals surface area (Å²) in [7, 11) is 0. The van der Waals surface area contributed by atoms with Gasteiger partial charge in [-0.3, -0.25) is 4.79 Å². The van der Waals surface area contributed by atoms with Crippen LogP contribution in [0.25, 0.3) is 0 Å². The van der Waals surface area contributed by atoms with Crippen LogP contribution in [0.4, 0.5) is 9.18 Å². The summed E-state index contributed by atoms with van der Waals surface area (Å²) in [6.45, 7) is 2.34. The SMILES string of the molecule is CC1(C(=O)O)CCN(C(=O)NCc2cc(C3CC3)ccc2F)C1. The fourth-order valence-corrected chi connectivity index (χ4v) is 2.99. The summed E-state index contributed by atoms with van der Waals surface area (Å²) in [5.41, 5.74) is 0.701. The first-order chi connectivity index (χ1) is 10.9. The Balaban J connectivity index is 1.59. The van der Waals surface area contributed by atoms with E-state index in [1.807, 2.05) is 6.07 Å². The lowest BCUT2D eigenvalue weighted by Crippen LogP contribution is -2.40. The number of rotatable bonds is 4. The van der Waals surface area contributed by atoms with Crippen LogP contribution in [-0.2, 0) is 11.3 Å². The second kappa shape index (κ2) is 5.83. The van der Waals surface area contributed by atoms with Crippen molar-refractivity contribution in [1.82, 2.24) is 10.2 Å². The van der Waals surface area contributed by atoms with E-state index in [1.54, 1.807) is 13.0 Å². The van der Waals surface area contributed by atoms with Gasteiger partial charge in [0.15, 0.2) is 0 Å². The van der Waals surface area contributed by atoms with Crippen LogP contribution in [0.3, 0.4) is 0 Å². The first kappa shape index (κ1) is 15.8. The summed E-state index contributed by atoms with van der Waals surface area (Å²) in [5.74, 6) is -0.692. The number of carbonyl (C=O) groups excluding carboxylic acids is 1. The fraction of sp³-hybridized carbons (Fsp3) is 0.529. The molecular formula is C17H21FN2O3. The molecule has 1 unspecified atom stereocenters. The Kier molecular flexibility index (Phi) is 4.00. The first-order valence-corrected chi connectivity index (χ1v) is 7.93. The molecule has 2 aliphatic rings. The van der Waals surface area contributed by atoms with Crippen LogP contribution >= 0.6 is 0 Å². The number of aliphatic carboxylic acids is 1. The Hall–Kier alpha value is -2.11. The lowest BCUT2D eigenvalue weighted by molar-refractivity contribution is -0.147. The lowest BCUT2D eigenvalue weighted by atomic mass is 9.90. The fourth-order valence-electron chi connectivity index (χ4n) is 2.99. The van der Waals surface area contributed by atoms with Gasteiger partial charge in [0.1, 0.15) is 5.82 Å². The first-order valence-electron chi connectivity index (χ1n) is 7.93. The van der Waals surface area contributed by atoms with Crippen molar-refractivity contribution in [3.63, 3.8) is 0 Å². The molecule has 0 bridgehead atoms. The largest absolute Gasteiger partial charge is 0.481 e. The highest BCUT2D eigenvalue weighted by molar-refractivity contribution is 5.79. The van der Waals surface area contributed by atoms with E-state index < -0.39 is 11.4 Å². The van der Waals surface area contributed by atoms with E-state index in [-0.39, 0.29) is 24.9 Å². The van der Waals surface area contributed by atoms with Gasteiger partial charge in [0.25, 0.3) is 0 Å². The number of nitrogens with zero attached hydrogens (tertiary/aromatic N) is 1. The lowest BCUT2D eigenvalue weighted by Gasteiger charge is -2.20. The number of urea groups is 1. The number of hydrogen-bond donors (Lipinski definition) is 2. The van der Waals surface area contributed by atoms with Crippen molar-refractivity contribution in [2.75, 3.05) is 13.1 Å². The molecular weight excluding hydrogens is 299 g/mol. The normalized spacial score (nSPS) is 23.8. The van der Waals surface area contributed by atoms with Crippen molar-refractivity contribution in [2.24, 2.45) is 5.41 Å². The third kappa shape index (κ3) is 3.30. The molecule has 2 N–H and O–H groups in total. The highest BCUT2D eigenvalue weighted by atomic mass is 19.1. The zero-order valence-electron chi connectivity index (χ0n) is 13.1. The van der Waals surface area contributed by atoms with Crippen LogP contribution in [-0.4, -0.2) is 35.1 Å². The third-order valence-corrected chi connectivity index (χ3v) is 4.83. The van der Waals surface area contributed by atoms with Gasteiger partial charge in [-0.15, -0.1) is 0 Å². The zero-order chi connectivity index (χ0) is 16.6. The smallest absolute Gasteiger partial charge is 0.317 e. The van der Waals surface area contributed by atoms with E-state index in [0.29, 0.717) is 24.4 Å². The topological polar surface area (TPSA) is 69.6 Å². The van der Waals surface area contributed by atoms with Crippen molar-refractivity contribution in [1.29, 1.82) is 0 Å². The quantitative estimate of drug-likeness (QED) is 0.896. The molecule has 1 saturated heterocycles. The van der Waals surface area contributed by atoms with E-state index in [9.17, 15) is 19.1 Å². The summed E-state index contributed by atoms with van der Waals surface area (Å²) < 4.78 is 13.9. The summed E-state index contributed by atoms with van der Waals surface area (Å²) in [5, 5.41) is 11.9. The highest BCUT2D eigenvalue weighted by Crippen LogP contribution is 2.40. The van der Waals surface area contributed by atoms with Crippen LogP contribution in [0.15, 0.2) is 18.2 Å². The minimum Gasteiger partial charge on any atom is -0.481 e. The molecule has 1 aromatic rings. The van der Waals surface area contributed by atoms with Crippen molar-refractivity contribution >= 4 is 12.0 Å². The predicted octanol–water partition coefficient (Wildman–Crippen LogP) is 2.71. The molecule has 23 heavy (non-hydrogen) atoms. The Labute approximate surface area is 134 Å².